The largest absolute Gasteiger partial charge is 0.370 e. The Morgan fingerprint density at radius 1 is 1.50 bits per heavy atom. The fraction of sp³-hybridized carbons (Fsp3) is 0.500. The van der Waals surface area contributed by atoms with E-state index in [1.54, 1.807) is 0 Å². The molecule has 18 heavy (non-hydrogen) atoms. The van der Waals surface area contributed by atoms with Crippen LogP contribution in [0.3, 0.4) is 0 Å². The zero-order valence-corrected chi connectivity index (χ0v) is 11.9. The first-order chi connectivity index (χ1) is 8.72. The fourth-order valence-corrected chi connectivity index (χ4v) is 2.80. The van der Waals surface area contributed by atoms with Crippen LogP contribution in [0.5, 0.6) is 0 Å². The van der Waals surface area contributed by atoms with Gasteiger partial charge in [0.2, 0.25) is 0 Å². The van der Waals surface area contributed by atoms with Crippen molar-refractivity contribution in [2.24, 2.45) is 10.7 Å². The number of anilines is 1. The number of benzene rings is 1. The van der Waals surface area contributed by atoms with Crippen molar-refractivity contribution in [3.8, 4) is 0 Å². The molecule has 0 spiro atoms. The average molecular weight is 263 g/mol. The molecule has 98 valence electrons. The minimum atomic E-state index is 0.430. The summed E-state index contributed by atoms with van der Waals surface area (Å²) in [6, 6.07) is 8.90. The van der Waals surface area contributed by atoms with Crippen molar-refractivity contribution in [3.05, 3.63) is 29.8 Å². The van der Waals surface area contributed by atoms with Crippen LogP contribution in [0.2, 0.25) is 0 Å². The number of nitrogens with two attached hydrogens (primary N) is 1. The molecule has 2 rings (SSSR count). The Morgan fingerprint density at radius 3 is 3.06 bits per heavy atom. The summed E-state index contributed by atoms with van der Waals surface area (Å²) in [5, 5.41) is 0. The van der Waals surface area contributed by atoms with Crippen LogP contribution in [0.4, 0.5) is 5.69 Å². The van der Waals surface area contributed by atoms with Crippen LogP contribution in [-0.2, 0) is 0 Å². The van der Waals surface area contributed by atoms with Gasteiger partial charge in [0, 0.05) is 5.69 Å². The van der Waals surface area contributed by atoms with E-state index in [1.807, 2.05) is 11.8 Å². The van der Waals surface area contributed by atoms with Crippen LogP contribution in [0, 0.1) is 6.92 Å². The van der Waals surface area contributed by atoms with Gasteiger partial charge in [-0.3, -0.25) is 4.99 Å². The van der Waals surface area contributed by atoms with E-state index >= 15 is 0 Å². The highest BCUT2D eigenvalue weighted by atomic mass is 32.2. The third kappa shape index (κ3) is 2.99. The Balaban J connectivity index is 2.10. The first kappa shape index (κ1) is 13.3. The quantitative estimate of drug-likeness (QED) is 0.830. The molecule has 0 amide bonds. The van der Waals surface area contributed by atoms with Gasteiger partial charge in [-0.1, -0.05) is 12.1 Å². The van der Waals surface area contributed by atoms with Crippen molar-refractivity contribution in [3.63, 3.8) is 0 Å². The van der Waals surface area contributed by atoms with Gasteiger partial charge in [-0.05, 0) is 49.5 Å². The van der Waals surface area contributed by atoms with E-state index in [2.05, 4.69) is 47.3 Å². The van der Waals surface area contributed by atoms with E-state index in [9.17, 15) is 0 Å². The highest BCUT2D eigenvalue weighted by molar-refractivity contribution is 7.98. The number of aryl methyl sites for hydroxylation is 1. The van der Waals surface area contributed by atoms with Gasteiger partial charge >= 0.3 is 0 Å². The molecule has 1 unspecified atom stereocenters. The van der Waals surface area contributed by atoms with E-state index in [4.69, 9.17) is 5.73 Å². The van der Waals surface area contributed by atoms with Crippen molar-refractivity contribution in [1.29, 1.82) is 0 Å². The standard InChI is InChI=1S/C14H21N3S/c1-11-5-3-6-12(9-11)17-13(7-4-8-18-2)10-16-14(17)15/h3,5-6,9,13H,4,7-8,10H2,1-2H3,(H2,15,16). The van der Waals surface area contributed by atoms with Crippen molar-refractivity contribution in [2.75, 3.05) is 23.5 Å². The number of nitrogens with zero attached hydrogens (tertiary/aromatic N) is 2. The van der Waals surface area contributed by atoms with Gasteiger partial charge in [-0.2, -0.15) is 11.8 Å². The molecule has 4 heteroatoms. The summed E-state index contributed by atoms with van der Waals surface area (Å²) in [5.41, 5.74) is 8.46. The SMILES string of the molecule is CSCCCC1CN=C(N)N1c1cccc(C)c1. The highest BCUT2D eigenvalue weighted by Crippen LogP contribution is 2.24. The maximum absolute atomic E-state index is 6.03. The van der Waals surface area contributed by atoms with Crippen LogP contribution in [0.25, 0.3) is 0 Å². The number of guanidine groups is 1. The predicted octanol–water partition coefficient (Wildman–Crippen LogP) is 2.64. The Morgan fingerprint density at radius 2 is 2.33 bits per heavy atom. The molecule has 0 saturated carbocycles. The molecule has 1 aromatic carbocycles. The number of hydrogen-bond donors (Lipinski definition) is 1. The molecule has 0 fully saturated rings. The molecule has 0 saturated heterocycles. The summed E-state index contributed by atoms with van der Waals surface area (Å²) in [6.07, 6.45) is 4.52. The van der Waals surface area contributed by atoms with Crippen LogP contribution in [0.1, 0.15) is 18.4 Å². The third-order valence-electron chi connectivity index (χ3n) is 3.24. The number of hydrogen-bond acceptors (Lipinski definition) is 4. The first-order valence-corrected chi connectivity index (χ1v) is 7.76. The molecule has 2 N–H and O–H groups in total. The molecule has 1 aliphatic heterocycles. The van der Waals surface area contributed by atoms with Crippen molar-refractivity contribution >= 4 is 23.4 Å². The third-order valence-corrected chi connectivity index (χ3v) is 3.94. The lowest BCUT2D eigenvalue weighted by Crippen LogP contribution is -2.40. The van der Waals surface area contributed by atoms with E-state index in [0.29, 0.717) is 12.0 Å². The monoisotopic (exact) mass is 263 g/mol. The average Bonchev–Trinajstić information content (AvgIpc) is 2.71. The molecular formula is C14H21N3S. The minimum Gasteiger partial charge on any atom is -0.370 e. The lowest BCUT2D eigenvalue weighted by Gasteiger charge is -2.26. The van der Waals surface area contributed by atoms with Crippen LogP contribution in [0.15, 0.2) is 29.3 Å². The summed E-state index contributed by atoms with van der Waals surface area (Å²) in [5.74, 6) is 1.87. The van der Waals surface area contributed by atoms with Crippen molar-refractivity contribution < 1.29 is 0 Å². The molecule has 0 aliphatic carbocycles. The summed E-state index contributed by atoms with van der Waals surface area (Å²) >= 11 is 1.90. The van der Waals surface area contributed by atoms with Gasteiger partial charge in [0.15, 0.2) is 5.96 Å². The van der Waals surface area contributed by atoms with Crippen LogP contribution in [-0.4, -0.2) is 30.6 Å². The fourth-order valence-electron chi connectivity index (χ4n) is 2.35. The minimum absolute atomic E-state index is 0.430. The molecular weight excluding hydrogens is 242 g/mol. The van der Waals surface area contributed by atoms with E-state index in [1.165, 1.54) is 23.4 Å². The summed E-state index contributed by atoms with van der Waals surface area (Å²) in [4.78, 5) is 6.59. The maximum atomic E-state index is 6.03. The highest BCUT2D eigenvalue weighted by Gasteiger charge is 2.26. The zero-order valence-electron chi connectivity index (χ0n) is 11.1. The topological polar surface area (TPSA) is 41.6 Å². The normalized spacial score (nSPS) is 19.1. The summed E-state index contributed by atoms with van der Waals surface area (Å²) in [7, 11) is 0. The summed E-state index contributed by atoms with van der Waals surface area (Å²) in [6.45, 7) is 2.93. The smallest absolute Gasteiger partial charge is 0.196 e. The van der Waals surface area contributed by atoms with Gasteiger partial charge in [0.25, 0.3) is 0 Å². The molecule has 3 nitrogen and oxygen atoms in total. The Kier molecular flexibility index (Phi) is 4.53. The Hall–Kier alpha value is -1.16. The molecule has 1 aliphatic rings. The lowest BCUT2D eigenvalue weighted by atomic mass is 10.1. The van der Waals surface area contributed by atoms with Gasteiger partial charge in [-0.25, -0.2) is 0 Å². The van der Waals surface area contributed by atoms with Crippen LogP contribution >= 0.6 is 11.8 Å². The molecule has 0 bridgehead atoms. The van der Waals surface area contributed by atoms with Gasteiger partial charge in [-0.15, -0.1) is 0 Å². The zero-order chi connectivity index (χ0) is 13.0. The lowest BCUT2D eigenvalue weighted by molar-refractivity contribution is 0.635. The Bertz CT molecular complexity index is 431. The van der Waals surface area contributed by atoms with Gasteiger partial charge in [0.1, 0.15) is 0 Å². The number of aliphatic imine (C=N–C) groups is 1. The van der Waals surface area contributed by atoms with Gasteiger partial charge in [0.05, 0.1) is 12.6 Å². The molecule has 1 aromatic rings. The van der Waals surface area contributed by atoms with E-state index < -0.39 is 0 Å². The number of thioether (sulfide) groups is 1. The second-order valence-corrected chi connectivity index (χ2v) is 5.68. The molecule has 0 aromatic heterocycles. The predicted molar refractivity (Wildman–Crippen MR) is 81.6 cm³/mol. The second-order valence-electron chi connectivity index (χ2n) is 4.70. The molecule has 1 atom stereocenters. The molecule has 0 radical (unpaired) electrons. The first-order valence-electron chi connectivity index (χ1n) is 6.37. The van der Waals surface area contributed by atoms with Crippen molar-refractivity contribution in [2.45, 2.75) is 25.8 Å². The maximum Gasteiger partial charge on any atom is 0.196 e. The van der Waals surface area contributed by atoms with Gasteiger partial charge < -0.3 is 10.6 Å². The molecule has 1 heterocycles. The second kappa shape index (κ2) is 6.14. The number of rotatable bonds is 5. The van der Waals surface area contributed by atoms with E-state index in [-0.39, 0.29) is 0 Å². The van der Waals surface area contributed by atoms with E-state index in [0.717, 1.165) is 13.0 Å². The van der Waals surface area contributed by atoms with Crippen LogP contribution < -0.4 is 10.6 Å². The van der Waals surface area contributed by atoms with Crippen molar-refractivity contribution in [1.82, 2.24) is 0 Å². The summed E-state index contributed by atoms with van der Waals surface area (Å²) < 4.78 is 0. The Labute approximate surface area is 113 Å².